The van der Waals surface area contributed by atoms with Crippen molar-refractivity contribution in [2.45, 2.75) is 51.5 Å². The third-order valence-electron chi connectivity index (χ3n) is 4.46. The molecule has 2 heteroatoms. The van der Waals surface area contributed by atoms with E-state index in [1.807, 2.05) is 12.1 Å². The van der Waals surface area contributed by atoms with E-state index < -0.39 is 0 Å². The molecule has 1 aromatic rings. The summed E-state index contributed by atoms with van der Waals surface area (Å²) in [6.07, 6.45) is 5.89. The molecule has 1 nitrogen and oxygen atoms in total. The number of benzene rings is 1. The third kappa shape index (κ3) is 2.66. The van der Waals surface area contributed by atoms with Crippen LogP contribution in [0.15, 0.2) is 24.3 Å². The lowest BCUT2D eigenvalue weighted by atomic mass is 9.61. The third-order valence-corrected chi connectivity index (χ3v) is 4.71. The maximum atomic E-state index is 6.67. The highest BCUT2D eigenvalue weighted by molar-refractivity contribution is 6.30. The van der Waals surface area contributed by atoms with Crippen molar-refractivity contribution in [3.05, 3.63) is 34.9 Å². The molecule has 2 N–H and O–H groups in total. The quantitative estimate of drug-likeness (QED) is 0.839. The minimum atomic E-state index is -0.0704. The summed E-state index contributed by atoms with van der Waals surface area (Å²) >= 11 is 5.91. The van der Waals surface area contributed by atoms with Crippen LogP contribution < -0.4 is 5.73 Å². The lowest BCUT2D eigenvalue weighted by Crippen LogP contribution is -2.56. The Balaban J connectivity index is 2.18. The first-order valence-electron chi connectivity index (χ1n) is 6.46. The van der Waals surface area contributed by atoms with Gasteiger partial charge in [-0.15, -0.1) is 0 Å². The summed E-state index contributed by atoms with van der Waals surface area (Å²) in [4.78, 5) is 0. The van der Waals surface area contributed by atoms with Crippen molar-refractivity contribution < 1.29 is 0 Å². The van der Waals surface area contributed by atoms with Crippen molar-refractivity contribution in [1.82, 2.24) is 0 Å². The lowest BCUT2D eigenvalue weighted by molar-refractivity contribution is 0.0990. The minimum Gasteiger partial charge on any atom is -0.324 e. The largest absolute Gasteiger partial charge is 0.324 e. The summed E-state index contributed by atoms with van der Waals surface area (Å²) in [7, 11) is 0. The second kappa shape index (κ2) is 4.62. The Morgan fingerprint density at radius 1 is 1.12 bits per heavy atom. The van der Waals surface area contributed by atoms with Gasteiger partial charge in [0.05, 0.1) is 0 Å². The van der Waals surface area contributed by atoms with Gasteiger partial charge in [0.25, 0.3) is 0 Å². The molecule has 1 aromatic carbocycles. The van der Waals surface area contributed by atoms with Crippen molar-refractivity contribution >= 4 is 11.6 Å². The van der Waals surface area contributed by atoms with E-state index in [2.05, 4.69) is 26.0 Å². The first-order valence-corrected chi connectivity index (χ1v) is 6.84. The Labute approximate surface area is 109 Å². The van der Waals surface area contributed by atoms with Crippen LogP contribution in [0.3, 0.4) is 0 Å². The summed E-state index contributed by atoms with van der Waals surface area (Å²) in [6, 6.07) is 8.11. The fraction of sp³-hybridized carbons (Fsp3) is 0.600. The molecule has 1 unspecified atom stereocenters. The summed E-state index contributed by atoms with van der Waals surface area (Å²) in [5, 5.41) is 0.794. The van der Waals surface area contributed by atoms with Crippen LogP contribution in [0.4, 0.5) is 0 Å². The Morgan fingerprint density at radius 3 is 2.29 bits per heavy atom. The summed E-state index contributed by atoms with van der Waals surface area (Å²) in [5.74, 6) is 0. The SMILES string of the molecule is CC1(C)CCCCC1(N)Cc1ccc(Cl)cc1. The van der Waals surface area contributed by atoms with Gasteiger partial charge < -0.3 is 5.73 Å². The zero-order chi connectivity index (χ0) is 12.5. The van der Waals surface area contributed by atoms with Crippen molar-refractivity contribution in [1.29, 1.82) is 0 Å². The maximum absolute atomic E-state index is 6.67. The molecule has 1 fully saturated rings. The number of hydrogen-bond acceptors (Lipinski definition) is 1. The normalized spacial score (nSPS) is 28.0. The van der Waals surface area contributed by atoms with E-state index in [1.54, 1.807) is 0 Å². The summed E-state index contributed by atoms with van der Waals surface area (Å²) in [6.45, 7) is 4.62. The predicted octanol–water partition coefficient (Wildman–Crippen LogP) is 4.18. The fourth-order valence-electron chi connectivity index (χ4n) is 2.89. The number of nitrogens with two attached hydrogens (primary N) is 1. The van der Waals surface area contributed by atoms with E-state index >= 15 is 0 Å². The van der Waals surface area contributed by atoms with Gasteiger partial charge in [0.15, 0.2) is 0 Å². The molecule has 0 bridgehead atoms. The fourth-order valence-corrected chi connectivity index (χ4v) is 3.01. The molecular formula is C15H22ClN. The Hall–Kier alpha value is -0.530. The van der Waals surface area contributed by atoms with Gasteiger partial charge in [-0.2, -0.15) is 0 Å². The van der Waals surface area contributed by atoms with Crippen LogP contribution >= 0.6 is 11.6 Å². The van der Waals surface area contributed by atoms with Crippen molar-refractivity contribution in [2.24, 2.45) is 11.1 Å². The Morgan fingerprint density at radius 2 is 1.71 bits per heavy atom. The van der Waals surface area contributed by atoms with E-state index in [0.29, 0.717) is 0 Å². The van der Waals surface area contributed by atoms with Crippen LogP contribution in [0, 0.1) is 5.41 Å². The second-order valence-electron chi connectivity index (χ2n) is 6.05. The van der Waals surface area contributed by atoms with Gasteiger partial charge in [-0.1, -0.05) is 50.4 Å². The molecule has 0 aliphatic heterocycles. The van der Waals surface area contributed by atoms with E-state index in [4.69, 9.17) is 17.3 Å². The van der Waals surface area contributed by atoms with Gasteiger partial charge in [-0.3, -0.25) is 0 Å². The second-order valence-corrected chi connectivity index (χ2v) is 6.49. The zero-order valence-electron chi connectivity index (χ0n) is 10.8. The monoisotopic (exact) mass is 251 g/mol. The summed E-state index contributed by atoms with van der Waals surface area (Å²) in [5.41, 5.74) is 8.13. The molecular weight excluding hydrogens is 230 g/mol. The molecule has 1 aliphatic carbocycles. The summed E-state index contributed by atoms with van der Waals surface area (Å²) < 4.78 is 0. The molecule has 17 heavy (non-hydrogen) atoms. The van der Waals surface area contributed by atoms with Gasteiger partial charge in [-0.25, -0.2) is 0 Å². The molecule has 0 radical (unpaired) electrons. The molecule has 2 rings (SSSR count). The molecule has 94 valence electrons. The molecule has 0 spiro atoms. The topological polar surface area (TPSA) is 26.0 Å². The highest BCUT2D eigenvalue weighted by atomic mass is 35.5. The van der Waals surface area contributed by atoms with Crippen molar-refractivity contribution in [2.75, 3.05) is 0 Å². The van der Waals surface area contributed by atoms with E-state index in [0.717, 1.165) is 17.9 Å². The van der Waals surface area contributed by atoms with Gasteiger partial charge in [-0.05, 0) is 42.4 Å². The predicted molar refractivity (Wildman–Crippen MR) is 74.3 cm³/mol. The van der Waals surface area contributed by atoms with Gasteiger partial charge in [0, 0.05) is 10.6 Å². The van der Waals surface area contributed by atoms with Crippen molar-refractivity contribution in [3.8, 4) is 0 Å². The van der Waals surface area contributed by atoms with E-state index in [-0.39, 0.29) is 11.0 Å². The molecule has 1 saturated carbocycles. The zero-order valence-corrected chi connectivity index (χ0v) is 11.6. The van der Waals surface area contributed by atoms with Crippen LogP contribution in [-0.4, -0.2) is 5.54 Å². The number of halogens is 1. The standard InChI is InChI=1S/C15H22ClN/c1-14(2)9-3-4-10-15(14,17)11-12-5-7-13(16)8-6-12/h5-8H,3-4,9-11,17H2,1-2H3. The highest BCUT2D eigenvalue weighted by Gasteiger charge is 2.43. The van der Waals surface area contributed by atoms with E-state index in [1.165, 1.54) is 24.8 Å². The minimum absolute atomic E-state index is 0.0704. The molecule has 1 aliphatic rings. The molecule has 0 amide bonds. The lowest BCUT2D eigenvalue weighted by Gasteiger charge is -2.48. The molecule has 1 atom stereocenters. The smallest absolute Gasteiger partial charge is 0.0406 e. The van der Waals surface area contributed by atoms with Gasteiger partial charge >= 0.3 is 0 Å². The Kier molecular flexibility index (Phi) is 3.51. The Bertz CT molecular complexity index is 382. The number of hydrogen-bond donors (Lipinski definition) is 1. The van der Waals surface area contributed by atoms with Crippen LogP contribution in [0.2, 0.25) is 5.02 Å². The maximum Gasteiger partial charge on any atom is 0.0406 e. The average molecular weight is 252 g/mol. The molecule has 0 saturated heterocycles. The average Bonchev–Trinajstić information content (AvgIpc) is 2.26. The van der Waals surface area contributed by atoms with Crippen LogP contribution in [0.5, 0.6) is 0 Å². The highest BCUT2D eigenvalue weighted by Crippen LogP contribution is 2.43. The van der Waals surface area contributed by atoms with Crippen LogP contribution in [-0.2, 0) is 6.42 Å². The molecule has 0 heterocycles. The van der Waals surface area contributed by atoms with Gasteiger partial charge in [0.1, 0.15) is 0 Å². The first kappa shape index (κ1) is 12.9. The van der Waals surface area contributed by atoms with Crippen LogP contribution in [0.25, 0.3) is 0 Å². The van der Waals surface area contributed by atoms with Crippen molar-refractivity contribution in [3.63, 3.8) is 0 Å². The van der Waals surface area contributed by atoms with Gasteiger partial charge in [0.2, 0.25) is 0 Å². The van der Waals surface area contributed by atoms with E-state index in [9.17, 15) is 0 Å². The van der Waals surface area contributed by atoms with Crippen LogP contribution in [0.1, 0.15) is 45.1 Å². The molecule has 0 aromatic heterocycles. The number of rotatable bonds is 2. The first-order chi connectivity index (χ1) is 7.93.